The molecule has 0 aromatic heterocycles. The number of carbonyl (C=O) groups is 3. The number of anilines is 1. The number of nitrogens with one attached hydrogen (secondary N) is 1. The maximum atomic E-state index is 12.7. The van der Waals surface area contributed by atoms with Crippen LogP contribution in [0.15, 0.2) is 18.2 Å². The zero-order chi connectivity index (χ0) is 20.1. The molecule has 152 valence electrons. The van der Waals surface area contributed by atoms with E-state index in [0.29, 0.717) is 30.1 Å². The average molecular weight is 387 g/mol. The van der Waals surface area contributed by atoms with Gasteiger partial charge in [-0.25, -0.2) is 0 Å². The summed E-state index contributed by atoms with van der Waals surface area (Å²) in [5, 5.41) is 3.04. The minimum Gasteiger partial charge on any atom is -0.482 e. The highest BCUT2D eigenvalue weighted by molar-refractivity contribution is 6.04. The Bertz CT molecular complexity index is 739. The van der Waals surface area contributed by atoms with Gasteiger partial charge in [-0.05, 0) is 44.9 Å². The highest BCUT2D eigenvalue weighted by atomic mass is 16.5. The maximum Gasteiger partial charge on any atom is 0.265 e. The molecule has 1 aliphatic heterocycles. The van der Waals surface area contributed by atoms with Crippen molar-refractivity contribution in [1.29, 1.82) is 0 Å². The summed E-state index contributed by atoms with van der Waals surface area (Å²) in [6.45, 7) is 4.90. The van der Waals surface area contributed by atoms with Gasteiger partial charge in [0.1, 0.15) is 12.3 Å². The lowest BCUT2D eigenvalue weighted by atomic mass is 9.95. The molecule has 3 rings (SSSR count). The van der Waals surface area contributed by atoms with Crippen molar-refractivity contribution in [2.24, 2.45) is 0 Å². The zero-order valence-electron chi connectivity index (χ0n) is 16.7. The minimum absolute atomic E-state index is 0.0609. The van der Waals surface area contributed by atoms with Gasteiger partial charge in [-0.15, -0.1) is 0 Å². The largest absolute Gasteiger partial charge is 0.482 e. The molecule has 0 bridgehead atoms. The molecule has 0 saturated heterocycles. The maximum absolute atomic E-state index is 12.7. The SMILES string of the molecule is CCN(CC)C(=O)c1ccc2c(c1)N(CC(=O)NC1CCCCC1)C(=O)CO2. The fourth-order valence-corrected chi connectivity index (χ4v) is 3.87. The first kappa shape index (κ1) is 20.2. The number of amides is 3. The van der Waals surface area contributed by atoms with E-state index < -0.39 is 0 Å². The predicted octanol–water partition coefficient (Wildman–Crippen LogP) is 2.34. The number of hydrogen-bond acceptors (Lipinski definition) is 4. The Hall–Kier alpha value is -2.57. The van der Waals surface area contributed by atoms with Crippen molar-refractivity contribution in [3.63, 3.8) is 0 Å². The molecular formula is C21H29N3O4. The van der Waals surface area contributed by atoms with Crippen molar-refractivity contribution in [1.82, 2.24) is 10.2 Å². The van der Waals surface area contributed by atoms with E-state index in [1.165, 1.54) is 11.3 Å². The predicted molar refractivity (Wildman–Crippen MR) is 107 cm³/mol. The Morgan fingerprint density at radius 1 is 1.18 bits per heavy atom. The Morgan fingerprint density at radius 2 is 1.89 bits per heavy atom. The van der Waals surface area contributed by atoms with Crippen molar-refractivity contribution in [3.05, 3.63) is 23.8 Å². The molecule has 1 fully saturated rings. The first-order chi connectivity index (χ1) is 13.5. The molecule has 0 spiro atoms. The van der Waals surface area contributed by atoms with Crippen LogP contribution in [0.3, 0.4) is 0 Å². The summed E-state index contributed by atoms with van der Waals surface area (Å²) in [7, 11) is 0. The second-order valence-electron chi connectivity index (χ2n) is 7.33. The van der Waals surface area contributed by atoms with Crippen molar-refractivity contribution in [2.75, 3.05) is 31.1 Å². The number of hydrogen-bond donors (Lipinski definition) is 1. The molecule has 0 atom stereocenters. The van der Waals surface area contributed by atoms with Crippen LogP contribution in [0, 0.1) is 0 Å². The first-order valence-electron chi connectivity index (χ1n) is 10.2. The summed E-state index contributed by atoms with van der Waals surface area (Å²) in [4.78, 5) is 40.8. The lowest BCUT2D eigenvalue weighted by Gasteiger charge is -2.30. The monoisotopic (exact) mass is 387 g/mol. The first-order valence-corrected chi connectivity index (χ1v) is 10.2. The van der Waals surface area contributed by atoms with E-state index >= 15 is 0 Å². The van der Waals surface area contributed by atoms with Crippen LogP contribution in [0.5, 0.6) is 5.75 Å². The van der Waals surface area contributed by atoms with Gasteiger partial charge in [-0.2, -0.15) is 0 Å². The number of fused-ring (bicyclic) bond motifs is 1. The molecule has 2 aliphatic rings. The molecule has 7 heteroatoms. The van der Waals surface area contributed by atoms with Gasteiger partial charge in [0.2, 0.25) is 5.91 Å². The third kappa shape index (κ3) is 4.46. The Kier molecular flexibility index (Phi) is 6.54. The highest BCUT2D eigenvalue weighted by Crippen LogP contribution is 2.33. The van der Waals surface area contributed by atoms with Crippen LogP contribution in [0.25, 0.3) is 0 Å². The van der Waals surface area contributed by atoms with E-state index in [2.05, 4.69) is 5.32 Å². The molecule has 1 N–H and O–H groups in total. The number of nitrogens with zero attached hydrogens (tertiary/aromatic N) is 2. The summed E-state index contributed by atoms with van der Waals surface area (Å²) < 4.78 is 5.50. The molecule has 1 aliphatic carbocycles. The topological polar surface area (TPSA) is 79.0 Å². The van der Waals surface area contributed by atoms with Gasteiger partial charge in [0.25, 0.3) is 11.8 Å². The molecule has 1 aromatic carbocycles. The van der Waals surface area contributed by atoms with Crippen LogP contribution in [0.1, 0.15) is 56.3 Å². The molecule has 0 unspecified atom stereocenters. The van der Waals surface area contributed by atoms with Crippen molar-refractivity contribution < 1.29 is 19.1 Å². The fraction of sp³-hybridized carbons (Fsp3) is 0.571. The third-order valence-corrected chi connectivity index (χ3v) is 5.47. The van der Waals surface area contributed by atoms with E-state index in [1.54, 1.807) is 23.1 Å². The Balaban J connectivity index is 1.77. The van der Waals surface area contributed by atoms with Gasteiger partial charge >= 0.3 is 0 Å². The number of ether oxygens (including phenoxy) is 1. The molecule has 28 heavy (non-hydrogen) atoms. The number of rotatable bonds is 6. The van der Waals surface area contributed by atoms with Crippen molar-refractivity contribution in [3.8, 4) is 5.75 Å². The van der Waals surface area contributed by atoms with Crippen LogP contribution in [0.2, 0.25) is 0 Å². The quantitative estimate of drug-likeness (QED) is 0.813. The van der Waals surface area contributed by atoms with E-state index in [1.807, 2.05) is 13.8 Å². The fourth-order valence-electron chi connectivity index (χ4n) is 3.87. The molecule has 7 nitrogen and oxygen atoms in total. The van der Waals surface area contributed by atoms with Crippen molar-refractivity contribution in [2.45, 2.75) is 52.0 Å². The van der Waals surface area contributed by atoms with Crippen LogP contribution in [-0.2, 0) is 9.59 Å². The standard InChI is InChI=1S/C21H29N3O4/c1-3-23(4-2)21(27)15-10-11-18-17(12-15)24(20(26)14-28-18)13-19(25)22-16-8-6-5-7-9-16/h10-12,16H,3-9,13-14H2,1-2H3,(H,22,25). The van der Waals surface area contributed by atoms with E-state index in [-0.39, 0.29) is 36.9 Å². The molecule has 1 heterocycles. The van der Waals surface area contributed by atoms with Gasteiger partial charge in [0.05, 0.1) is 5.69 Å². The third-order valence-electron chi connectivity index (χ3n) is 5.47. The molecule has 1 saturated carbocycles. The van der Waals surface area contributed by atoms with E-state index in [9.17, 15) is 14.4 Å². The lowest BCUT2D eigenvalue weighted by molar-refractivity contribution is -0.125. The van der Waals surface area contributed by atoms with Gasteiger partial charge in [-0.1, -0.05) is 19.3 Å². The minimum atomic E-state index is -0.279. The van der Waals surface area contributed by atoms with Crippen LogP contribution in [0.4, 0.5) is 5.69 Å². The second kappa shape index (κ2) is 9.08. The summed E-state index contributed by atoms with van der Waals surface area (Å²) in [6.07, 6.45) is 5.44. The van der Waals surface area contributed by atoms with Gasteiger partial charge in [0.15, 0.2) is 6.61 Å². The summed E-state index contributed by atoms with van der Waals surface area (Å²) in [5.41, 5.74) is 0.964. The zero-order valence-corrected chi connectivity index (χ0v) is 16.7. The molecule has 3 amide bonds. The van der Waals surface area contributed by atoms with Gasteiger partial charge in [0, 0.05) is 24.7 Å². The summed E-state index contributed by atoms with van der Waals surface area (Å²) >= 11 is 0. The van der Waals surface area contributed by atoms with E-state index in [0.717, 1.165) is 25.7 Å². The van der Waals surface area contributed by atoms with Crippen molar-refractivity contribution >= 4 is 23.4 Å². The lowest BCUT2D eigenvalue weighted by Crippen LogP contribution is -2.47. The Morgan fingerprint density at radius 3 is 2.57 bits per heavy atom. The molecule has 0 radical (unpaired) electrons. The Labute approximate surface area is 166 Å². The van der Waals surface area contributed by atoms with Crippen LogP contribution in [-0.4, -0.2) is 54.9 Å². The second-order valence-corrected chi connectivity index (χ2v) is 7.33. The van der Waals surface area contributed by atoms with Crippen LogP contribution < -0.4 is 15.0 Å². The smallest absolute Gasteiger partial charge is 0.265 e. The van der Waals surface area contributed by atoms with Crippen LogP contribution >= 0.6 is 0 Å². The normalized spacial score (nSPS) is 16.9. The number of carbonyl (C=O) groups excluding carboxylic acids is 3. The van der Waals surface area contributed by atoms with E-state index in [4.69, 9.17) is 4.74 Å². The number of benzene rings is 1. The van der Waals surface area contributed by atoms with Gasteiger partial charge < -0.3 is 15.0 Å². The van der Waals surface area contributed by atoms with Gasteiger partial charge in [-0.3, -0.25) is 19.3 Å². The summed E-state index contributed by atoms with van der Waals surface area (Å²) in [6, 6.07) is 5.24. The molecular weight excluding hydrogens is 358 g/mol. The highest BCUT2D eigenvalue weighted by Gasteiger charge is 2.29. The molecule has 1 aromatic rings. The summed E-state index contributed by atoms with van der Waals surface area (Å²) in [5.74, 6) is -0.0362. The average Bonchev–Trinajstić information content (AvgIpc) is 2.71.